The van der Waals surface area contributed by atoms with Crippen LogP contribution in [-0.2, 0) is 20.7 Å². The van der Waals surface area contributed by atoms with E-state index >= 15 is 0 Å². The lowest BCUT2D eigenvalue weighted by Crippen LogP contribution is -2.45. The van der Waals surface area contributed by atoms with Crippen LogP contribution in [0.5, 0.6) is 11.5 Å². The molecule has 7 heteroatoms. The van der Waals surface area contributed by atoms with Crippen LogP contribution in [0.3, 0.4) is 0 Å². The van der Waals surface area contributed by atoms with E-state index in [-0.39, 0.29) is 6.10 Å². The number of esters is 1. The molecule has 1 amide bonds. The first-order valence-corrected chi connectivity index (χ1v) is 9.37. The van der Waals surface area contributed by atoms with Gasteiger partial charge >= 0.3 is 5.97 Å². The minimum Gasteiger partial charge on any atom is -0.497 e. The van der Waals surface area contributed by atoms with E-state index in [4.69, 9.17) is 19.9 Å². The Kier molecular flexibility index (Phi) is 8.03. The van der Waals surface area contributed by atoms with Gasteiger partial charge in [-0.25, -0.2) is 4.79 Å². The van der Waals surface area contributed by atoms with E-state index < -0.39 is 24.0 Å². The number of methoxy groups -OCH3 is 2. The van der Waals surface area contributed by atoms with E-state index in [2.05, 4.69) is 5.32 Å². The van der Waals surface area contributed by atoms with Crippen molar-refractivity contribution < 1.29 is 23.8 Å². The van der Waals surface area contributed by atoms with Crippen molar-refractivity contribution in [2.75, 3.05) is 14.2 Å². The van der Waals surface area contributed by atoms with Crippen molar-refractivity contribution in [3.63, 3.8) is 0 Å². The molecule has 0 aliphatic rings. The Morgan fingerprint density at radius 2 is 1.69 bits per heavy atom. The summed E-state index contributed by atoms with van der Waals surface area (Å²) in [5.41, 5.74) is 7.46. The number of amides is 1. The number of carbonyl (C=O) groups excluding carboxylic acids is 2. The predicted octanol–water partition coefficient (Wildman–Crippen LogP) is 2.38. The van der Waals surface area contributed by atoms with Gasteiger partial charge in [0.05, 0.1) is 26.4 Å². The zero-order chi connectivity index (χ0) is 21.4. The van der Waals surface area contributed by atoms with Crippen molar-refractivity contribution in [1.29, 1.82) is 0 Å². The summed E-state index contributed by atoms with van der Waals surface area (Å²) in [6.07, 6.45) is 0.279. The molecule has 2 rings (SSSR count). The maximum Gasteiger partial charge on any atom is 0.333 e. The van der Waals surface area contributed by atoms with E-state index in [9.17, 15) is 9.59 Å². The largest absolute Gasteiger partial charge is 0.497 e. The molecule has 0 spiro atoms. The average Bonchev–Trinajstić information content (AvgIpc) is 2.71. The molecule has 29 heavy (non-hydrogen) atoms. The van der Waals surface area contributed by atoms with Crippen molar-refractivity contribution in [1.82, 2.24) is 5.32 Å². The Bertz CT molecular complexity index is 823. The summed E-state index contributed by atoms with van der Waals surface area (Å²) in [5.74, 6) is -0.0617. The van der Waals surface area contributed by atoms with Gasteiger partial charge < -0.3 is 25.3 Å². The van der Waals surface area contributed by atoms with Crippen LogP contribution in [0.15, 0.2) is 48.5 Å². The lowest BCUT2D eigenvalue weighted by Gasteiger charge is -2.21. The second kappa shape index (κ2) is 10.5. The Hall–Kier alpha value is -3.06. The average molecular weight is 400 g/mol. The number of nitrogens with two attached hydrogens (primary N) is 1. The molecular weight excluding hydrogens is 372 g/mol. The highest BCUT2D eigenvalue weighted by Crippen LogP contribution is 2.28. The van der Waals surface area contributed by atoms with Gasteiger partial charge in [0.2, 0.25) is 5.91 Å². The quantitative estimate of drug-likeness (QED) is 0.627. The number of benzene rings is 2. The van der Waals surface area contributed by atoms with Gasteiger partial charge in [-0.05, 0) is 43.5 Å². The smallest absolute Gasteiger partial charge is 0.333 e. The van der Waals surface area contributed by atoms with Gasteiger partial charge in [-0.15, -0.1) is 0 Å². The third-order valence-electron chi connectivity index (χ3n) is 4.20. The zero-order valence-corrected chi connectivity index (χ0v) is 17.2. The molecule has 2 aromatic carbocycles. The van der Waals surface area contributed by atoms with Gasteiger partial charge in [-0.2, -0.15) is 0 Å². The molecular formula is C22H28N2O5. The van der Waals surface area contributed by atoms with Gasteiger partial charge in [-0.1, -0.05) is 30.3 Å². The number of hydrogen-bond acceptors (Lipinski definition) is 6. The molecule has 0 unspecified atom stereocenters. The number of hydrogen-bond donors (Lipinski definition) is 2. The first-order chi connectivity index (χ1) is 13.8. The van der Waals surface area contributed by atoms with Crippen molar-refractivity contribution in [3.05, 3.63) is 59.7 Å². The summed E-state index contributed by atoms with van der Waals surface area (Å²) >= 11 is 0. The van der Waals surface area contributed by atoms with Crippen LogP contribution in [0.25, 0.3) is 0 Å². The number of carbonyl (C=O) groups is 2. The fourth-order valence-corrected chi connectivity index (χ4v) is 2.82. The van der Waals surface area contributed by atoms with Crippen LogP contribution in [0.1, 0.15) is 31.0 Å². The summed E-state index contributed by atoms with van der Waals surface area (Å²) < 4.78 is 15.9. The number of rotatable bonds is 9. The topological polar surface area (TPSA) is 99.9 Å². The first-order valence-electron chi connectivity index (χ1n) is 9.37. The third-order valence-corrected chi connectivity index (χ3v) is 4.20. The zero-order valence-electron chi connectivity index (χ0n) is 17.2. The van der Waals surface area contributed by atoms with Gasteiger partial charge in [0, 0.05) is 6.07 Å². The monoisotopic (exact) mass is 400 g/mol. The van der Waals surface area contributed by atoms with Crippen LogP contribution in [0.2, 0.25) is 0 Å². The van der Waals surface area contributed by atoms with Crippen molar-refractivity contribution in [3.8, 4) is 11.5 Å². The number of nitrogens with one attached hydrogen (secondary N) is 1. The van der Waals surface area contributed by atoms with Crippen LogP contribution >= 0.6 is 0 Å². The molecule has 0 aromatic heterocycles. The highest BCUT2D eigenvalue weighted by molar-refractivity contribution is 5.88. The second-order valence-corrected chi connectivity index (χ2v) is 6.87. The molecule has 0 aliphatic carbocycles. The lowest BCUT2D eigenvalue weighted by molar-refractivity contribution is -0.145. The standard InChI is InChI=1S/C22H28N2O5/c1-14(2)29-18-12-16(11-17(13-18)27-3)20(22(26)28-4)24-21(25)19(23)10-15-8-6-5-7-9-15/h5-9,11-14,19-20H,10,23H2,1-4H3,(H,24,25)/t19-,20+/m1/s1. The van der Waals surface area contributed by atoms with Gasteiger partial charge in [0.1, 0.15) is 11.5 Å². The van der Waals surface area contributed by atoms with E-state index in [0.29, 0.717) is 23.5 Å². The molecule has 2 aromatic rings. The minimum atomic E-state index is -1.04. The molecule has 0 heterocycles. The Morgan fingerprint density at radius 3 is 2.28 bits per heavy atom. The summed E-state index contributed by atoms with van der Waals surface area (Å²) in [6, 6.07) is 12.6. The van der Waals surface area contributed by atoms with E-state index in [0.717, 1.165) is 5.56 Å². The van der Waals surface area contributed by atoms with E-state index in [1.54, 1.807) is 18.2 Å². The molecule has 0 fully saturated rings. The highest BCUT2D eigenvalue weighted by Gasteiger charge is 2.27. The van der Waals surface area contributed by atoms with E-state index in [1.807, 2.05) is 44.2 Å². The molecule has 0 bridgehead atoms. The van der Waals surface area contributed by atoms with Gasteiger partial charge in [-0.3, -0.25) is 4.79 Å². The maximum atomic E-state index is 12.7. The molecule has 0 aliphatic heterocycles. The molecule has 156 valence electrons. The normalized spacial score (nSPS) is 12.8. The maximum absolute atomic E-state index is 12.7. The van der Waals surface area contributed by atoms with Gasteiger partial charge in [0.25, 0.3) is 0 Å². The Morgan fingerprint density at radius 1 is 1.03 bits per heavy atom. The molecule has 7 nitrogen and oxygen atoms in total. The second-order valence-electron chi connectivity index (χ2n) is 6.87. The lowest BCUT2D eigenvalue weighted by atomic mass is 10.0. The molecule has 2 atom stereocenters. The number of ether oxygens (including phenoxy) is 3. The van der Waals surface area contributed by atoms with Crippen molar-refractivity contribution in [2.24, 2.45) is 5.73 Å². The summed E-state index contributed by atoms with van der Waals surface area (Å²) in [5, 5.41) is 2.69. The fourth-order valence-electron chi connectivity index (χ4n) is 2.82. The Labute approximate surface area is 171 Å². The van der Waals surface area contributed by atoms with Crippen LogP contribution < -0.4 is 20.5 Å². The summed E-state index contributed by atoms with van der Waals surface area (Å²) in [4.78, 5) is 25.1. The predicted molar refractivity (Wildman–Crippen MR) is 110 cm³/mol. The van der Waals surface area contributed by atoms with Crippen molar-refractivity contribution in [2.45, 2.75) is 38.5 Å². The molecule has 0 saturated carbocycles. The molecule has 3 N–H and O–H groups in total. The SMILES string of the molecule is COC(=O)[C@@H](NC(=O)[C@H](N)Cc1ccccc1)c1cc(OC)cc(OC(C)C)c1. The summed E-state index contributed by atoms with van der Waals surface area (Å²) in [7, 11) is 2.77. The third kappa shape index (κ3) is 6.50. The fraction of sp³-hybridized carbons (Fsp3) is 0.364. The van der Waals surface area contributed by atoms with Crippen LogP contribution in [0, 0.1) is 0 Å². The summed E-state index contributed by atoms with van der Waals surface area (Å²) in [6.45, 7) is 3.78. The van der Waals surface area contributed by atoms with E-state index in [1.165, 1.54) is 14.2 Å². The first kappa shape index (κ1) is 22.2. The van der Waals surface area contributed by atoms with Crippen LogP contribution in [0.4, 0.5) is 0 Å². The van der Waals surface area contributed by atoms with Crippen LogP contribution in [-0.4, -0.2) is 38.2 Å². The Balaban J connectivity index is 2.25. The van der Waals surface area contributed by atoms with Crippen molar-refractivity contribution >= 4 is 11.9 Å². The molecule has 0 radical (unpaired) electrons. The highest BCUT2D eigenvalue weighted by atomic mass is 16.5. The molecule has 0 saturated heterocycles. The van der Waals surface area contributed by atoms with Gasteiger partial charge in [0.15, 0.2) is 6.04 Å². The minimum absolute atomic E-state index is 0.0691.